The van der Waals surface area contributed by atoms with Gasteiger partial charge in [-0.05, 0) is 51.7 Å². The van der Waals surface area contributed by atoms with Gasteiger partial charge in [-0.1, -0.05) is 12.1 Å². The van der Waals surface area contributed by atoms with Gasteiger partial charge in [0.05, 0.1) is 7.11 Å². The minimum atomic E-state index is -0.434. The highest BCUT2D eigenvalue weighted by molar-refractivity contribution is 7.99. The SMILES string of the molecule is COc1ccccc1SC[C@H]1CCCN(C(=O)OC(C)(C)C)C1. The maximum atomic E-state index is 12.2. The van der Waals surface area contributed by atoms with Crippen LogP contribution in [0.15, 0.2) is 29.2 Å². The number of carbonyl (C=O) groups excluding carboxylic acids is 1. The van der Waals surface area contributed by atoms with Crippen LogP contribution in [0.5, 0.6) is 5.75 Å². The molecule has 0 spiro atoms. The lowest BCUT2D eigenvalue weighted by molar-refractivity contribution is 0.0177. The first kappa shape index (κ1) is 18.0. The van der Waals surface area contributed by atoms with Gasteiger partial charge in [-0.15, -0.1) is 11.8 Å². The number of para-hydroxylation sites is 1. The molecule has 0 N–H and O–H groups in total. The van der Waals surface area contributed by atoms with Crippen LogP contribution in [0.4, 0.5) is 4.79 Å². The molecule has 1 aromatic rings. The fourth-order valence-electron chi connectivity index (χ4n) is 2.64. The predicted octanol–water partition coefficient (Wildman–Crippen LogP) is 4.43. The zero-order valence-corrected chi connectivity index (χ0v) is 15.3. The van der Waals surface area contributed by atoms with Crippen molar-refractivity contribution in [2.75, 3.05) is 26.0 Å². The average molecular weight is 337 g/mol. The molecule has 0 aromatic heterocycles. The second kappa shape index (κ2) is 7.95. The van der Waals surface area contributed by atoms with Crippen LogP contribution in [0.2, 0.25) is 0 Å². The molecule has 4 nitrogen and oxygen atoms in total. The van der Waals surface area contributed by atoms with Gasteiger partial charge in [0, 0.05) is 23.7 Å². The number of methoxy groups -OCH3 is 1. The van der Waals surface area contributed by atoms with E-state index < -0.39 is 5.60 Å². The number of thioether (sulfide) groups is 1. The predicted molar refractivity (Wildman–Crippen MR) is 94.2 cm³/mol. The lowest BCUT2D eigenvalue weighted by atomic mass is 10.0. The first-order chi connectivity index (χ1) is 10.9. The minimum absolute atomic E-state index is 0.190. The number of ether oxygens (including phenoxy) is 2. The lowest BCUT2D eigenvalue weighted by Crippen LogP contribution is -2.43. The number of benzene rings is 1. The number of hydrogen-bond donors (Lipinski definition) is 0. The Morgan fingerprint density at radius 3 is 2.78 bits per heavy atom. The van der Waals surface area contributed by atoms with Gasteiger partial charge >= 0.3 is 6.09 Å². The van der Waals surface area contributed by atoms with E-state index >= 15 is 0 Å². The molecular weight excluding hydrogens is 310 g/mol. The fraction of sp³-hybridized carbons (Fsp3) is 0.611. The highest BCUT2D eigenvalue weighted by Crippen LogP contribution is 2.32. The summed E-state index contributed by atoms with van der Waals surface area (Å²) in [6.07, 6.45) is 2.00. The van der Waals surface area contributed by atoms with Crippen molar-refractivity contribution < 1.29 is 14.3 Å². The fourth-order valence-corrected chi connectivity index (χ4v) is 3.79. The number of piperidine rings is 1. The summed E-state index contributed by atoms with van der Waals surface area (Å²) in [6, 6.07) is 8.07. The van der Waals surface area contributed by atoms with Crippen LogP contribution in [0.1, 0.15) is 33.6 Å². The zero-order chi connectivity index (χ0) is 16.9. The highest BCUT2D eigenvalue weighted by Gasteiger charge is 2.27. The maximum Gasteiger partial charge on any atom is 0.410 e. The van der Waals surface area contributed by atoms with Crippen LogP contribution in [0.3, 0.4) is 0 Å². The van der Waals surface area contributed by atoms with Crippen LogP contribution < -0.4 is 4.74 Å². The van der Waals surface area contributed by atoms with Gasteiger partial charge in [0.2, 0.25) is 0 Å². The summed E-state index contributed by atoms with van der Waals surface area (Å²) in [5, 5.41) is 0. The van der Waals surface area contributed by atoms with E-state index in [2.05, 4.69) is 6.07 Å². The van der Waals surface area contributed by atoms with Crippen LogP contribution in [0, 0.1) is 5.92 Å². The number of carbonyl (C=O) groups is 1. The quantitative estimate of drug-likeness (QED) is 0.762. The Hall–Kier alpha value is -1.36. The standard InChI is InChI=1S/C18H27NO3S/c1-18(2,3)22-17(20)19-11-7-8-14(12-19)13-23-16-10-6-5-9-15(16)21-4/h5-6,9-10,14H,7-8,11-13H2,1-4H3/t14-/m0/s1. The molecule has 1 heterocycles. The second-order valence-electron chi connectivity index (χ2n) is 6.90. The topological polar surface area (TPSA) is 38.8 Å². The Morgan fingerprint density at radius 2 is 2.09 bits per heavy atom. The van der Waals surface area contributed by atoms with Gasteiger partial charge in [0.15, 0.2) is 0 Å². The normalized spacial score (nSPS) is 18.6. The third-order valence-electron chi connectivity index (χ3n) is 3.71. The van der Waals surface area contributed by atoms with Gasteiger partial charge < -0.3 is 14.4 Å². The van der Waals surface area contributed by atoms with Gasteiger partial charge in [-0.3, -0.25) is 0 Å². The largest absolute Gasteiger partial charge is 0.496 e. The van der Waals surface area contributed by atoms with Crippen LogP contribution in [0.25, 0.3) is 0 Å². The summed E-state index contributed by atoms with van der Waals surface area (Å²) >= 11 is 1.80. The number of rotatable bonds is 4. The average Bonchev–Trinajstić information content (AvgIpc) is 2.52. The number of nitrogens with zero attached hydrogens (tertiary/aromatic N) is 1. The van der Waals surface area contributed by atoms with Gasteiger partial charge in [0.1, 0.15) is 11.4 Å². The lowest BCUT2D eigenvalue weighted by Gasteiger charge is -2.34. The molecule has 0 radical (unpaired) electrons. The number of amides is 1. The Morgan fingerprint density at radius 1 is 1.35 bits per heavy atom. The van der Waals surface area contributed by atoms with E-state index in [-0.39, 0.29) is 6.09 Å². The molecule has 1 aliphatic heterocycles. The molecule has 0 saturated carbocycles. The van der Waals surface area contributed by atoms with Gasteiger partial charge in [-0.25, -0.2) is 4.79 Å². The van der Waals surface area contributed by atoms with E-state index in [1.54, 1.807) is 18.9 Å². The smallest absolute Gasteiger partial charge is 0.410 e. The van der Waals surface area contributed by atoms with Gasteiger partial charge in [-0.2, -0.15) is 0 Å². The molecule has 1 aromatic carbocycles. The molecule has 0 bridgehead atoms. The molecular formula is C18H27NO3S. The molecule has 0 unspecified atom stereocenters. The summed E-state index contributed by atoms with van der Waals surface area (Å²) in [5.41, 5.74) is -0.434. The van der Waals surface area contributed by atoms with E-state index in [4.69, 9.17) is 9.47 Å². The minimum Gasteiger partial charge on any atom is -0.496 e. The molecule has 5 heteroatoms. The summed E-state index contributed by atoms with van der Waals surface area (Å²) in [6.45, 7) is 7.29. The van der Waals surface area contributed by atoms with Crippen molar-refractivity contribution in [3.8, 4) is 5.75 Å². The molecule has 0 aliphatic carbocycles. The molecule has 1 amide bonds. The molecule has 1 saturated heterocycles. The molecule has 1 fully saturated rings. The number of likely N-dealkylation sites (tertiary alicyclic amines) is 1. The summed E-state index contributed by atoms with van der Waals surface area (Å²) in [7, 11) is 1.70. The van der Waals surface area contributed by atoms with Crippen LogP contribution in [-0.4, -0.2) is 42.5 Å². The Kier molecular flexibility index (Phi) is 6.22. The molecule has 1 aliphatic rings. The van der Waals surface area contributed by atoms with Crippen molar-refractivity contribution in [1.29, 1.82) is 0 Å². The third kappa shape index (κ3) is 5.65. The first-order valence-corrected chi connectivity index (χ1v) is 9.11. The zero-order valence-electron chi connectivity index (χ0n) is 14.5. The van der Waals surface area contributed by atoms with Crippen molar-refractivity contribution in [3.05, 3.63) is 24.3 Å². The Balaban J connectivity index is 1.88. The summed E-state index contributed by atoms with van der Waals surface area (Å²) in [5.74, 6) is 2.39. The van der Waals surface area contributed by atoms with Crippen molar-refractivity contribution in [3.63, 3.8) is 0 Å². The summed E-state index contributed by atoms with van der Waals surface area (Å²) in [4.78, 5) is 15.2. The van der Waals surface area contributed by atoms with E-state index in [0.29, 0.717) is 5.92 Å². The van der Waals surface area contributed by atoms with Gasteiger partial charge in [0.25, 0.3) is 0 Å². The third-order valence-corrected chi connectivity index (χ3v) is 5.00. The van der Waals surface area contributed by atoms with E-state index in [1.165, 1.54) is 0 Å². The van der Waals surface area contributed by atoms with Crippen molar-refractivity contribution in [1.82, 2.24) is 4.90 Å². The van der Waals surface area contributed by atoms with Crippen molar-refractivity contribution >= 4 is 17.9 Å². The molecule has 1 atom stereocenters. The number of hydrogen-bond acceptors (Lipinski definition) is 4. The monoisotopic (exact) mass is 337 g/mol. The van der Waals surface area contributed by atoms with Crippen LogP contribution in [-0.2, 0) is 4.74 Å². The molecule has 128 valence electrons. The molecule has 2 rings (SSSR count). The second-order valence-corrected chi connectivity index (χ2v) is 7.96. The Bertz CT molecular complexity index is 527. The van der Waals surface area contributed by atoms with Crippen molar-refractivity contribution in [2.24, 2.45) is 5.92 Å². The Labute approximate surface area is 143 Å². The van der Waals surface area contributed by atoms with E-state index in [0.717, 1.165) is 42.3 Å². The van der Waals surface area contributed by atoms with E-state index in [1.807, 2.05) is 43.9 Å². The maximum absolute atomic E-state index is 12.2. The van der Waals surface area contributed by atoms with E-state index in [9.17, 15) is 4.79 Å². The summed E-state index contributed by atoms with van der Waals surface area (Å²) < 4.78 is 10.9. The first-order valence-electron chi connectivity index (χ1n) is 8.13. The van der Waals surface area contributed by atoms with Crippen molar-refractivity contribution in [2.45, 2.75) is 44.1 Å². The molecule has 23 heavy (non-hydrogen) atoms. The van der Waals surface area contributed by atoms with Crippen LogP contribution >= 0.6 is 11.8 Å². The highest BCUT2D eigenvalue weighted by atomic mass is 32.2.